The van der Waals surface area contributed by atoms with Crippen molar-refractivity contribution in [2.75, 3.05) is 7.11 Å². The van der Waals surface area contributed by atoms with Crippen LogP contribution in [0.1, 0.15) is 40.0 Å². The molecule has 24 heavy (non-hydrogen) atoms. The number of carbonyl (C=O) groups is 1. The summed E-state index contributed by atoms with van der Waals surface area (Å²) in [6, 6.07) is 9.01. The number of aromatic nitrogens is 2. The van der Waals surface area contributed by atoms with Gasteiger partial charge in [-0.15, -0.1) is 5.10 Å². The van der Waals surface area contributed by atoms with Gasteiger partial charge in [-0.3, -0.25) is 5.10 Å². The van der Waals surface area contributed by atoms with Crippen molar-refractivity contribution >= 4 is 5.97 Å². The van der Waals surface area contributed by atoms with Gasteiger partial charge in [0.25, 0.3) is 0 Å². The van der Waals surface area contributed by atoms with E-state index in [0.29, 0.717) is 23.4 Å². The molecule has 2 aromatic rings. The number of rotatable bonds is 3. The summed E-state index contributed by atoms with van der Waals surface area (Å²) in [7, 11) is 1.33. The lowest BCUT2D eigenvalue weighted by Gasteiger charge is -2.24. The van der Waals surface area contributed by atoms with Gasteiger partial charge >= 0.3 is 5.97 Å². The molecule has 3 rings (SSSR count). The molecular formula is C17H16N4O3. The van der Waals surface area contributed by atoms with Gasteiger partial charge in [0.2, 0.25) is 11.8 Å². The van der Waals surface area contributed by atoms with Gasteiger partial charge in [-0.05, 0) is 24.1 Å². The third-order valence-corrected chi connectivity index (χ3v) is 4.04. The number of benzene rings is 1. The first-order valence-corrected chi connectivity index (χ1v) is 7.43. The summed E-state index contributed by atoms with van der Waals surface area (Å²) in [5, 5.41) is 16.6. The number of nitriles is 1. The number of aromatic amines is 1. The first-order valence-electron chi connectivity index (χ1n) is 7.43. The van der Waals surface area contributed by atoms with Gasteiger partial charge < -0.3 is 15.2 Å². The number of aryl methyl sites for hydroxylation is 1. The van der Waals surface area contributed by atoms with Crippen LogP contribution in [0, 0.1) is 11.3 Å². The molecule has 0 spiro atoms. The highest BCUT2D eigenvalue weighted by molar-refractivity contribution is 5.89. The van der Waals surface area contributed by atoms with E-state index in [2.05, 4.69) is 16.3 Å². The van der Waals surface area contributed by atoms with Gasteiger partial charge in [-0.25, -0.2) is 4.79 Å². The summed E-state index contributed by atoms with van der Waals surface area (Å²) in [6.07, 6.45) is 0.709. The average Bonchev–Trinajstić information content (AvgIpc) is 3.02. The number of hydrogen-bond donors (Lipinski definition) is 2. The number of ether oxygens (including phenoxy) is 2. The Balaban J connectivity index is 2.12. The number of nitrogens with zero attached hydrogens (tertiary/aromatic N) is 2. The van der Waals surface area contributed by atoms with Crippen molar-refractivity contribution in [3.8, 4) is 11.9 Å². The number of esters is 1. The first kappa shape index (κ1) is 15.6. The molecule has 0 saturated carbocycles. The van der Waals surface area contributed by atoms with Crippen LogP contribution in [0.2, 0.25) is 0 Å². The molecule has 0 aliphatic carbocycles. The van der Waals surface area contributed by atoms with Crippen LogP contribution in [0.3, 0.4) is 0 Å². The molecule has 0 fully saturated rings. The standard InChI is InChI=1S/C17H16N4O3/c1-3-12-14-13(9-4-6-10(7-5-9)17(22)23-2)11(8-18)15(19)24-16(14)21-20-12/h4-7,13H,3,19H2,1-2H3,(H,20,21)/t13-/m0/s1. The highest BCUT2D eigenvalue weighted by Gasteiger charge is 2.34. The Kier molecular flexibility index (Phi) is 3.96. The summed E-state index contributed by atoms with van der Waals surface area (Å²) in [6.45, 7) is 1.99. The Morgan fingerprint density at radius 2 is 2.17 bits per heavy atom. The van der Waals surface area contributed by atoms with Gasteiger partial charge in [0.15, 0.2) is 0 Å². The van der Waals surface area contributed by atoms with E-state index in [0.717, 1.165) is 16.8 Å². The maximum Gasteiger partial charge on any atom is 0.337 e. The van der Waals surface area contributed by atoms with Crippen LogP contribution in [0.4, 0.5) is 0 Å². The minimum absolute atomic E-state index is 0.0428. The van der Waals surface area contributed by atoms with Crippen molar-refractivity contribution in [2.45, 2.75) is 19.3 Å². The highest BCUT2D eigenvalue weighted by Crippen LogP contribution is 2.42. The molecule has 3 N–H and O–H groups in total. The van der Waals surface area contributed by atoms with E-state index >= 15 is 0 Å². The Bertz CT molecular complexity index is 859. The maximum atomic E-state index is 11.6. The van der Waals surface area contributed by atoms with E-state index in [1.165, 1.54) is 7.11 Å². The van der Waals surface area contributed by atoms with Crippen LogP contribution in [0.5, 0.6) is 5.88 Å². The van der Waals surface area contributed by atoms with Gasteiger partial charge in [-0.2, -0.15) is 5.26 Å². The second-order valence-electron chi connectivity index (χ2n) is 5.31. The Hall–Kier alpha value is -3.27. The van der Waals surface area contributed by atoms with Crippen molar-refractivity contribution in [3.05, 3.63) is 58.1 Å². The lowest BCUT2D eigenvalue weighted by molar-refractivity contribution is 0.0600. The van der Waals surface area contributed by atoms with E-state index in [4.69, 9.17) is 15.2 Å². The zero-order valence-corrected chi connectivity index (χ0v) is 13.3. The molecule has 2 heterocycles. The third-order valence-electron chi connectivity index (χ3n) is 4.04. The highest BCUT2D eigenvalue weighted by atomic mass is 16.5. The Morgan fingerprint density at radius 3 is 2.75 bits per heavy atom. The molecule has 7 nitrogen and oxygen atoms in total. The normalized spacial score (nSPS) is 16.1. The molecule has 1 aromatic heterocycles. The fourth-order valence-electron chi connectivity index (χ4n) is 2.84. The number of nitrogens with two attached hydrogens (primary N) is 1. The molecule has 7 heteroatoms. The van der Waals surface area contributed by atoms with Crippen LogP contribution in [-0.2, 0) is 11.2 Å². The Labute approximate surface area is 138 Å². The maximum absolute atomic E-state index is 11.6. The number of carbonyl (C=O) groups excluding carboxylic acids is 1. The molecule has 1 aliphatic rings. The van der Waals surface area contributed by atoms with E-state index in [1.807, 2.05) is 6.92 Å². The summed E-state index contributed by atoms with van der Waals surface area (Å²) < 4.78 is 10.2. The zero-order valence-electron chi connectivity index (χ0n) is 13.3. The topological polar surface area (TPSA) is 114 Å². The van der Waals surface area contributed by atoms with E-state index in [9.17, 15) is 10.1 Å². The lowest BCUT2D eigenvalue weighted by atomic mass is 9.83. The van der Waals surface area contributed by atoms with Crippen molar-refractivity contribution < 1.29 is 14.3 Å². The van der Waals surface area contributed by atoms with E-state index in [1.54, 1.807) is 24.3 Å². The molecule has 122 valence electrons. The van der Waals surface area contributed by atoms with Crippen molar-refractivity contribution in [1.29, 1.82) is 5.26 Å². The Morgan fingerprint density at radius 1 is 1.46 bits per heavy atom. The van der Waals surface area contributed by atoms with Crippen LogP contribution in [0.15, 0.2) is 35.7 Å². The van der Waals surface area contributed by atoms with E-state index in [-0.39, 0.29) is 11.8 Å². The molecule has 1 aliphatic heterocycles. The second kappa shape index (κ2) is 6.08. The number of fused-ring (bicyclic) bond motifs is 1. The molecule has 0 saturated heterocycles. The molecule has 0 amide bonds. The largest absolute Gasteiger partial charge is 0.465 e. The monoisotopic (exact) mass is 324 g/mol. The summed E-state index contributed by atoms with van der Waals surface area (Å²) in [5.74, 6) is -0.381. The van der Waals surface area contributed by atoms with Gasteiger partial charge in [0.05, 0.1) is 18.6 Å². The molecule has 1 aromatic carbocycles. The van der Waals surface area contributed by atoms with Gasteiger partial charge in [0, 0.05) is 11.3 Å². The van der Waals surface area contributed by atoms with Crippen molar-refractivity contribution in [3.63, 3.8) is 0 Å². The third kappa shape index (κ3) is 2.38. The van der Waals surface area contributed by atoms with Crippen molar-refractivity contribution in [1.82, 2.24) is 10.2 Å². The summed E-state index contributed by atoms with van der Waals surface area (Å²) in [5.41, 5.74) is 9.15. The minimum atomic E-state index is -0.415. The average molecular weight is 324 g/mol. The predicted molar refractivity (Wildman–Crippen MR) is 85.0 cm³/mol. The number of nitrogens with one attached hydrogen (secondary N) is 1. The lowest BCUT2D eigenvalue weighted by Crippen LogP contribution is -2.21. The smallest absolute Gasteiger partial charge is 0.337 e. The quantitative estimate of drug-likeness (QED) is 0.834. The van der Waals surface area contributed by atoms with Crippen molar-refractivity contribution in [2.24, 2.45) is 5.73 Å². The molecule has 0 unspecified atom stereocenters. The second-order valence-corrected chi connectivity index (χ2v) is 5.31. The van der Waals surface area contributed by atoms with Crippen LogP contribution < -0.4 is 10.5 Å². The van der Waals surface area contributed by atoms with Crippen LogP contribution in [-0.4, -0.2) is 23.3 Å². The van der Waals surface area contributed by atoms with Gasteiger partial charge in [0.1, 0.15) is 11.6 Å². The fourth-order valence-corrected chi connectivity index (χ4v) is 2.84. The number of H-pyrrole nitrogens is 1. The SMILES string of the molecule is CCc1[nH]nc2c1[C@@H](c1ccc(C(=O)OC)cc1)C(C#N)=C(N)O2. The molecular weight excluding hydrogens is 308 g/mol. The molecule has 0 bridgehead atoms. The summed E-state index contributed by atoms with van der Waals surface area (Å²) >= 11 is 0. The van der Waals surface area contributed by atoms with Crippen LogP contribution >= 0.6 is 0 Å². The molecule has 0 radical (unpaired) electrons. The zero-order chi connectivity index (χ0) is 17.3. The number of hydrogen-bond acceptors (Lipinski definition) is 6. The predicted octanol–water partition coefficient (Wildman–Crippen LogP) is 1.98. The number of allylic oxidation sites excluding steroid dienone is 1. The van der Waals surface area contributed by atoms with Gasteiger partial charge in [-0.1, -0.05) is 19.1 Å². The van der Waals surface area contributed by atoms with Crippen LogP contribution in [0.25, 0.3) is 0 Å². The molecule has 1 atom stereocenters. The number of methoxy groups -OCH3 is 1. The minimum Gasteiger partial charge on any atom is -0.465 e. The van der Waals surface area contributed by atoms with E-state index < -0.39 is 5.97 Å². The fraction of sp³-hybridized carbons (Fsp3) is 0.235. The summed E-state index contributed by atoms with van der Waals surface area (Å²) in [4.78, 5) is 11.6. The first-order chi connectivity index (χ1) is 11.6.